The second kappa shape index (κ2) is 7.15. The van der Waals surface area contributed by atoms with Gasteiger partial charge in [0, 0.05) is 19.6 Å². The summed E-state index contributed by atoms with van der Waals surface area (Å²) in [7, 11) is -3.10. The fraction of sp³-hybridized carbons (Fsp3) is 0.467. The van der Waals surface area contributed by atoms with Crippen LogP contribution in [0.15, 0.2) is 30.3 Å². The molecule has 1 aromatic rings. The van der Waals surface area contributed by atoms with Gasteiger partial charge in [0.15, 0.2) is 0 Å². The van der Waals surface area contributed by atoms with Crippen molar-refractivity contribution in [3.05, 3.63) is 41.7 Å². The predicted molar refractivity (Wildman–Crippen MR) is 82.8 cm³/mol. The summed E-state index contributed by atoms with van der Waals surface area (Å²) in [6.07, 6.45) is 6.22. The highest BCUT2D eigenvalue weighted by atomic mass is 32.2. The highest BCUT2D eigenvalue weighted by molar-refractivity contribution is 7.88. The van der Waals surface area contributed by atoms with Crippen molar-refractivity contribution >= 4 is 16.1 Å². The van der Waals surface area contributed by atoms with Gasteiger partial charge in [-0.3, -0.25) is 4.90 Å². The fourth-order valence-corrected chi connectivity index (χ4v) is 2.96. The molecule has 0 spiro atoms. The van der Waals surface area contributed by atoms with E-state index in [9.17, 15) is 12.8 Å². The first-order valence-electron chi connectivity index (χ1n) is 7.01. The van der Waals surface area contributed by atoms with Gasteiger partial charge in [-0.15, -0.1) is 0 Å². The summed E-state index contributed by atoms with van der Waals surface area (Å²) in [5.41, 5.74) is 0.978. The van der Waals surface area contributed by atoms with Crippen LogP contribution in [0.2, 0.25) is 0 Å². The minimum Gasteiger partial charge on any atom is -0.299 e. The third-order valence-corrected chi connectivity index (χ3v) is 4.24. The molecule has 116 valence electrons. The number of likely N-dealkylation sites (tertiary alicyclic amines) is 1. The molecule has 1 aromatic carbocycles. The van der Waals surface area contributed by atoms with Crippen molar-refractivity contribution in [2.24, 2.45) is 5.92 Å². The quantitative estimate of drug-likeness (QED) is 0.870. The molecule has 0 radical (unpaired) electrons. The molecule has 2 rings (SSSR count). The molecule has 0 aromatic heterocycles. The molecule has 1 atom stereocenters. The zero-order chi connectivity index (χ0) is 15.3. The molecule has 0 saturated carbocycles. The van der Waals surface area contributed by atoms with Gasteiger partial charge >= 0.3 is 0 Å². The summed E-state index contributed by atoms with van der Waals surface area (Å²) in [6.45, 7) is 3.21. The largest absolute Gasteiger partial charge is 0.299 e. The normalized spacial score (nSPS) is 20.4. The lowest BCUT2D eigenvalue weighted by atomic mass is 10.1. The summed E-state index contributed by atoms with van der Waals surface area (Å²) >= 11 is 0. The number of nitrogens with one attached hydrogen (secondary N) is 1. The number of sulfonamides is 1. The topological polar surface area (TPSA) is 49.4 Å². The van der Waals surface area contributed by atoms with E-state index in [0.29, 0.717) is 12.5 Å². The second-order valence-electron chi connectivity index (χ2n) is 5.49. The van der Waals surface area contributed by atoms with E-state index in [1.165, 1.54) is 18.4 Å². The molecular weight excluding hydrogens is 291 g/mol. The van der Waals surface area contributed by atoms with Crippen molar-refractivity contribution in [3.8, 4) is 0 Å². The molecule has 1 heterocycles. The van der Waals surface area contributed by atoms with E-state index < -0.39 is 10.0 Å². The molecule has 1 saturated heterocycles. The van der Waals surface area contributed by atoms with E-state index in [0.717, 1.165) is 31.6 Å². The standard InChI is InChI=1S/C15H21FN2O2S/c1-21(19,20)17-11-14-8-10-18(12-14)9-2-3-13-4-6-15(16)7-5-13/h2-7,14,17H,8-12H2,1H3/b3-2+/t14-/m0/s1. The number of hydrogen-bond donors (Lipinski definition) is 1. The molecule has 1 aliphatic heterocycles. The fourth-order valence-electron chi connectivity index (χ4n) is 2.43. The first-order chi connectivity index (χ1) is 9.92. The van der Waals surface area contributed by atoms with Crippen molar-refractivity contribution in [1.82, 2.24) is 9.62 Å². The SMILES string of the molecule is CS(=O)(=O)NC[C@@H]1CCN(C/C=C/c2ccc(F)cc2)C1. The smallest absolute Gasteiger partial charge is 0.208 e. The van der Waals surface area contributed by atoms with E-state index in [2.05, 4.69) is 15.7 Å². The van der Waals surface area contributed by atoms with Crippen LogP contribution < -0.4 is 4.72 Å². The number of hydrogen-bond acceptors (Lipinski definition) is 3. The Hall–Kier alpha value is -1.24. The van der Waals surface area contributed by atoms with Crippen LogP contribution in [0.1, 0.15) is 12.0 Å². The average molecular weight is 312 g/mol. The Morgan fingerprint density at radius 1 is 1.38 bits per heavy atom. The molecule has 21 heavy (non-hydrogen) atoms. The highest BCUT2D eigenvalue weighted by Gasteiger charge is 2.22. The molecule has 1 aliphatic rings. The van der Waals surface area contributed by atoms with Gasteiger partial charge in [-0.05, 0) is 36.6 Å². The molecule has 0 bridgehead atoms. The Labute approximate surface area is 125 Å². The van der Waals surface area contributed by atoms with Gasteiger partial charge in [0.25, 0.3) is 0 Å². The predicted octanol–water partition coefficient (Wildman–Crippen LogP) is 1.71. The van der Waals surface area contributed by atoms with E-state index >= 15 is 0 Å². The maximum absolute atomic E-state index is 12.8. The van der Waals surface area contributed by atoms with Gasteiger partial charge < -0.3 is 0 Å². The number of benzene rings is 1. The lowest BCUT2D eigenvalue weighted by Crippen LogP contribution is -2.30. The minimum atomic E-state index is -3.10. The summed E-state index contributed by atoms with van der Waals surface area (Å²) < 4.78 is 37.5. The Morgan fingerprint density at radius 2 is 2.10 bits per heavy atom. The van der Waals surface area contributed by atoms with Gasteiger partial charge in [-0.2, -0.15) is 0 Å². The van der Waals surface area contributed by atoms with Crippen molar-refractivity contribution in [3.63, 3.8) is 0 Å². The van der Waals surface area contributed by atoms with E-state index in [4.69, 9.17) is 0 Å². The molecule has 0 aliphatic carbocycles. The highest BCUT2D eigenvalue weighted by Crippen LogP contribution is 2.15. The molecule has 1 fully saturated rings. The van der Waals surface area contributed by atoms with Crippen LogP contribution in [0, 0.1) is 11.7 Å². The first kappa shape index (κ1) is 16.1. The van der Waals surface area contributed by atoms with Gasteiger partial charge in [-0.1, -0.05) is 24.3 Å². The molecule has 0 unspecified atom stereocenters. The van der Waals surface area contributed by atoms with Gasteiger partial charge in [0.1, 0.15) is 5.82 Å². The zero-order valence-corrected chi connectivity index (χ0v) is 12.9. The Morgan fingerprint density at radius 3 is 2.76 bits per heavy atom. The van der Waals surface area contributed by atoms with Crippen molar-refractivity contribution in [1.29, 1.82) is 0 Å². The minimum absolute atomic E-state index is 0.229. The van der Waals surface area contributed by atoms with E-state index in [1.54, 1.807) is 12.1 Å². The van der Waals surface area contributed by atoms with Crippen molar-refractivity contribution in [2.45, 2.75) is 6.42 Å². The number of nitrogens with zero attached hydrogens (tertiary/aromatic N) is 1. The van der Waals surface area contributed by atoms with Crippen LogP contribution in [-0.4, -0.2) is 45.8 Å². The summed E-state index contributed by atoms with van der Waals surface area (Å²) in [6, 6.07) is 6.38. The summed E-state index contributed by atoms with van der Waals surface area (Å²) in [4.78, 5) is 2.29. The molecule has 1 N–H and O–H groups in total. The van der Waals surface area contributed by atoms with Crippen LogP contribution in [0.4, 0.5) is 4.39 Å². The number of halogens is 1. The first-order valence-corrected chi connectivity index (χ1v) is 8.90. The molecule has 6 heteroatoms. The molecular formula is C15H21FN2O2S. The Bertz CT molecular complexity index is 584. The Kier molecular flexibility index (Phi) is 5.50. The zero-order valence-electron chi connectivity index (χ0n) is 12.1. The van der Waals surface area contributed by atoms with E-state index in [-0.39, 0.29) is 5.82 Å². The number of rotatable bonds is 6. The monoisotopic (exact) mass is 312 g/mol. The average Bonchev–Trinajstić information content (AvgIpc) is 2.86. The Balaban J connectivity index is 1.74. The van der Waals surface area contributed by atoms with Crippen molar-refractivity contribution in [2.75, 3.05) is 32.4 Å². The van der Waals surface area contributed by atoms with Gasteiger partial charge in [0.2, 0.25) is 10.0 Å². The lowest BCUT2D eigenvalue weighted by molar-refractivity contribution is 0.359. The summed E-state index contributed by atoms with van der Waals surface area (Å²) in [5.74, 6) is 0.145. The second-order valence-corrected chi connectivity index (χ2v) is 7.32. The van der Waals surface area contributed by atoms with Gasteiger partial charge in [0.05, 0.1) is 6.26 Å². The van der Waals surface area contributed by atoms with E-state index in [1.807, 2.05) is 6.08 Å². The van der Waals surface area contributed by atoms with Crippen LogP contribution in [0.3, 0.4) is 0 Å². The van der Waals surface area contributed by atoms with Crippen LogP contribution >= 0.6 is 0 Å². The summed E-state index contributed by atoms with van der Waals surface area (Å²) in [5, 5.41) is 0. The van der Waals surface area contributed by atoms with Crippen LogP contribution in [0.25, 0.3) is 6.08 Å². The van der Waals surface area contributed by atoms with Crippen LogP contribution in [-0.2, 0) is 10.0 Å². The maximum atomic E-state index is 12.8. The van der Waals surface area contributed by atoms with Crippen LogP contribution in [0.5, 0.6) is 0 Å². The van der Waals surface area contributed by atoms with Crippen molar-refractivity contribution < 1.29 is 12.8 Å². The van der Waals surface area contributed by atoms with Gasteiger partial charge in [-0.25, -0.2) is 17.5 Å². The maximum Gasteiger partial charge on any atom is 0.208 e. The molecule has 0 amide bonds. The lowest BCUT2D eigenvalue weighted by Gasteiger charge is -2.13. The molecule has 4 nitrogen and oxygen atoms in total. The third-order valence-electron chi connectivity index (χ3n) is 3.55. The third kappa shape index (κ3) is 5.95.